The molecular formula is C10H19NO3. The van der Waals surface area contributed by atoms with Gasteiger partial charge in [-0.05, 0) is 6.42 Å². The fraction of sp³-hybridized carbons (Fsp3) is 0.800. The van der Waals surface area contributed by atoms with Gasteiger partial charge in [0.15, 0.2) is 0 Å². The van der Waals surface area contributed by atoms with Crippen molar-refractivity contribution in [2.75, 3.05) is 0 Å². The minimum Gasteiger partial charge on any atom is -0.465 e. The Balaban J connectivity index is 3.57. The summed E-state index contributed by atoms with van der Waals surface area (Å²) in [7, 11) is 0. The average molecular weight is 201 g/mol. The number of hydrogen-bond donors (Lipinski definition) is 2. The molecule has 0 aromatic carbocycles. The van der Waals surface area contributed by atoms with E-state index in [9.17, 15) is 9.59 Å². The van der Waals surface area contributed by atoms with Gasteiger partial charge in [-0.15, -0.1) is 0 Å². The lowest BCUT2D eigenvalue weighted by atomic mass is 10.0. The second kappa shape index (κ2) is 7.35. The maximum atomic E-state index is 11.1. The van der Waals surface area contributed by atoms with Gasteiger partial charge in [0, 0.05) is 5.92 Å². The van der Waals surface area contributed by atoms with Crippen LogP contribution in [0.3, 0.4) is 0 Å². The quantitative estimate of drug-likeness (QED) is 0.648. The van der Waals surface area contributed by atoms with Crippen molar-refractivity contribution in [2.24, 2.45) is 5.92 Å². The van der Waals surface area contributed by atoms with Gasteiger partial charge in [0.25, 0.3) is 0 Å². The number of nitrogens with one attached hydrogen (secondary N) is 1. The van der Waals surface area contributed by atoms with Crippen LogP contribution in [0, 0.1) is 5.92 Å². The standard InChI is InChI=1S/C10H19NO3/c1-3-4-5-6-7-8(2)9(12)11-10(13)14/h8H,3-7H2,1-2H3,(H,11,12)(H,13,14). The van der Waals surface area contributed by atoms with Gasteiger partial charge in [-0.25, -0.2) is 4.79 Å². The number of carbonyl (C=O) groups excluding carboxylic acids is 1. The van der Waals surface area contributed by atoms with Crippen LogP contribution in [0.4, 0.5) is 4.79 Å². The van der Waals surface area contributed by atoms with Crippen molar-refractivity contribution in [3.05, 3.63) is 0 Å². The Labute approximate surface area is 84.7 Å². The van der Waals surface area contributed by atoms with Gasteiger partial charge >= 0.3 is 6.09 Å². The van der Waals surface area contributed by atoms with Crippen molar-refractivity contribution in [1.82, 2.24) is 5.32 Å². The molecule has 0 heterocycles. The van der Waals surface area contributed by atoms with Crippen molar-refractivity contribution in [1.29, 1.82) is 0 Å². The summed E-state index contributed by atoms with van der Waals surface area (Å²) in [6.07, 6.45) is 3.93. The molecule has 4 nitrogen and oxygen atoms in total. The third-order valence-corrected chi connectivity index (χ3v) is 2.17. The van der Waals surface area contributed by atoms with Crippen LogP contribution in [0.15, 0.2) is 0 Å². The molecule has 1 atom stereocenters. The smallest absolute Gasteiger partial charge is 0.411 e. The number of imide groups is 1. The van der Waals surface area contributed by atoms with Crippen LogP contribution in [-0.4, -0.2) is 17.1 Å². The van der Waals surface area contributed by atoms with Crippen LogP contribution in [0.2, 0.25) is 0 Å². The number of carbonyl (C=O) groups is 2. The maximum absolute atomic E-state index is 11.1. The Morgan fingerprint density at radius 3 is 2.43 bits per heavy atom. The molecule has 2 amide bonds. The summed E-state index contributed by atoms with van der Waals surface area (Å²) in [6, 6.07) is 0. The Kier molecular flexibility index (Phi) is 6.80. The zero-order valence-corrected chi connectivity index (χ0v) is 8.88. The van der Waals surface area contributed by atoms with E-state index in [0.29, 0.717) is 0 Å². The van der Waals surface area contributed by atoms with E-state index in [-0.39, 0.29) is 5.92 Å². The summed E-state index contributed by atoms with van der Waals surface area (Å²) in [5.41, 5.74) is 0. The molecule has 0 saturated heterocycles. The molecule has 0 radical (unpaired) electrons. The summed E-state index contributed by atoms with van der Waals surface area (Å²) in [6.45, 7) is 3.88. The summed E-state index contributed by atoms with van der Waals surface area (Å²) in [4.78, 5) is 21.3. The highest BCUT2D eigenvalue weighted by molar-refractivity contribution is 5.91. The first kappa shape index (κ1) is 12.9. The molecule has 0 bridgehead atoms. The molecule has 1 unspecified atom stereocenters. The van der Waals surface area contributed by atoms with Gasteiger partial charge in [-0.1, -0.05) is 39.5 Å². The first-order valence-corrected chi connectivity index (χ1v) is 5.11. The number of rotatable bonds is 6. The highest BCUT2D eigenvalue weighted by Crippen LogP contribution is 2.10. The highest BCUT2D eigenvalue weighted by Gasteiger charge is 2.14. The van der Waals surface area contributed by atoms with E-state index >= 15 is 0 Å². The number of unbranched alkanes of at least 4 members (excludes halogenated alkanes) is 3. The van der Waals surface area contributed by atoms with Crippen molar-refractivity contribution >= 4 is 12.0 Å². The van der Waals surface area contributed by atoms with E-state index in [1.807, 2.05) is 5.32 Å². The summed E-state index contributed by atoms with van der Waals surface area (Å²) < 4.78 is 0. The molecule has 0 rings (SSSR count). The second-order valence-electron chi connectivity index (χ2n) is 3.54. The van der Waals surface area contributed by atoms with Gasteiger partial charge in [-0.2, -0.15) is 0 Å². The van der Waals surface area contributed by atoms with Crippen LogP contribution in [0.1, 0.15) is 46.0 Å². The van der Waals surface area contributed by atoms with Gasteiger partial charge in [0.05, 0.1) is 0 Å². The lowest BCUT2D eigenvalue weighted by Gasteiger charge is -2.08. The molecule has 4 heteroatoms. The third-order valence-electron chi connectivity index (χ3n) is 2.17. The molecule has 0 spiro atoms. The fourth-order valence-corrected chi connectivity index (χ4v) is 1.24. The average Bonchev–Trinajstić information content (AvgIpc) is 2.11. The maximum Gasteiger partial charge on any atom is 0.411 e. The van der Waals surface area contributed by atoms with Crippen LogP contribution < -0.4 is 5.32 Å². The van der Waals surface area contributed by atoms with E-state index in [2.05, 4.69) is 6.92 Å². The Morgan fingerprint density at radius 2 is 1.93 bits per heavy atom. The monoisotopic (exact) mass is 201 g/mol. The Morgan fingerprint density at radius 1 is 1.29 bits per heavy atom. The largest absolute Gasteiger partial charge is 0.465 e. The topological polar surface area (TPSA) is 66.4 Å². The Bertz CT molecular complexity index is 192. The van der Waals surface area contributed by atoms with Crippen molar-refractivity contribution in [3.8, 4) is 0 Å². The molecular weight excluding hydrogens is 182 g/mol. The number of amides is 2. The highest BCUT2D eigenvalue weighted by atomic mass is 16.4. The molecule has 14 heavy (non-hydrogen) atoms. The molecule has 0 fully saturated rings. The van der Waals surface area contributed by atoms with E-state index in [4.69, 9.17) is 5.11 Å². The lowest BCUT2D eigenvalue weighted by Crippen LogP contribution is -2.33. The zero-order chi connectivity index (χ0) is 11.0. The molecule has 0 aliphatic heterocycles. The second-order valence-corrected chi connectivity index (χ2v) is 3.54. The fourth-order valence-electron chi connectivity index (χ4n) is 1.24. The summed E-state index contributed by atoms with van der Waals surface area (Å²) in [5, 5.41) is 10.2. The minimum absolute atomic E-state index is 0.206. The third kappa shape index (κ3) is 6.46. The lowest BCUT2D eigenvalue weighted by molar-refractivity contribution is -0.123. The Hall–Kier alpha value is -1.06. The minimum atomic E-state index is -1.27. The molecule has 2 N–H and O–H groups in total. The first-order chi connectivity index (χ1) is 6.57. The van der Waals surface area contributed by atoms with E-state index in [1.54, 1.807) is 6.92 Å². The van der Waals surface area contributed by atoms with Crippen LogP contribution in [0.5, 0.6) is 0 Å². The van der Waals surface area contributed by atoms with Gasteiger partial charge in [0.1, 0.15) is 0 Å². The van der Waals surface area contributed by atoms with E-state index in [1.165, 1.54) is 6.42 Å². The molecule has 0 aliphatic rings. The van der Waals surface area contributed by atoms with Crippen LogP contribution in [-0.2, 0) is 4.79 Å². The van der Waals surface area contributed by atoms with Crippen molar-refractivity contribution < 1.29 is 14.7 Å². The van der Waals surface area contributed by atoms with Crippen molar-refractivity contribution in [3.63, 3.8) is 0 Å². The summed E-state index contributed by atoms with van der Waals surface area (Å²) >= 11 is 0. The zero-order valence-electron chi connectivity index (χ0n) is 8.88. The molecule has 0 aliphatic carbocycles. The van der Waals surface area contributed by atoms with Crippen LogP contribution >= 0.6 is 0 Å². The predicted octanol–water partition coefficient (Wildman–Crippen LogP) is 2.39. The van der Waals surface area contributed by atoms with E-state index < -0.39 is 12.0 Å². The van der Waals surface area contributed by atoms with Gasteiger partial charge < -0.3 is 5.11 Å². The first-order valence-electron chi connectivity index (χ1n) is 5.11. The van der Waals surface area contributed by atoms with Crippen LogP contribution in [0.25, 0.3) is 0 Å². The molecule has 0 saturated carbocycles. The van der Waals surface area contributed by atoms with Gasteiger partial charge in [0.2, 0.25) is 5.91 Å². The normalized spacial score (nSPS) is 12.1. The number of hydrogen-bond acceptors (Lipinski definition) is 2. The SMILES string of the molecule is CCCCCCC(C)C(=O)NC(=O)O. The summed E-state index contributed by atoms with van der Waals surface area (Å²) in [5.74, 6) is -0.600. The molecule has 82 valence electrons. The molecule has 0 aromatic rings. The van der Waals surface area contributed by atoms with Crippen molar-refractivity contribution in [2.45, 2.75) is 46.0 Å². The van der Waals surface area contributed by atoms with E-state index in [0.717, 1.165) is 25.7 Å². The number of carboxylic acid groups (broad SMARTS) is 1. The van der Waals surface area contributed by atoms with Gasteiger partial charge in [-0.3, -0.25) is 10.1 Å². The predicted molar refractivity (Wildman–Crippen MR) is 54.1 cm³/mol. The molecule has 0 aromatic heterocycles.